The molecule has 3 nitrogen and oxygen atoms in total. The fourth-order valence-corrected chi connectivity index (χ4v) is 12.1. The molecule has 3 saturated carbocycles. The summed E-state index contributed by atoms with van der Waals surface area (Å²) in [5.41, 5.74) is -0.341. The molecule has 0 aromatic heterocycles. The van der Waals surface area contributed by atoms with E-state index in [9.17, 15) is 8.42 Å². The third-order valence-electron chi connectivity index (χ3n) is 5.10. The maximum atomic E-state index is 11.3. The Morgan fingerprint density at radius 1 is 0.941 bits per heavy atom. The SMILES string of the molecule is CS(=O)(=O)OC12CC[C]([Sn]([CH3])([CH3])[CH3])(CC1)CC2. The fraction of sp³-hybridized carbons (Fsp3) is 1.00. The summed E-state index contributed by atoms with van der Waals surface area (Å²) in [4.78, 5) is 7.55. The third kappa shape index (κ3) is 2.68. The monoisotopic (exact) mass is 368 g/mol. The van der Waals surface area contributed by atoms with E-state index in [-0.39, 0.29) is 5.60 Å². The number of fused-ring (bicyclic) bond motifs is 3. The first-order valence-electron chi connectivity index (χ1n) is 6.48. The van der Waals surface area contributed by atoms with Gasteiger partial charge in [0.05, 0.1) is 0 Å². The van der Waals surface area contributed by atoms with Gasteiger partial charge in [-0.1, -0.05) is 0 Å². The molecule has 0 atom stereocenters. The topological polar surface area (TPSA) is 43.4 Å². The summed E-state index contributed by atoms with van der Waals surface area (Å²) < 4.78 is 28.7. The van der Waals surface area contributed by atoms with Crippen LogP contribution in [0.15, 0.2) is 0 Å². The van der Waals surface area contributed by atoms with Crippen molar-refractivity contribution < 1.29 is 12.6 Å². The Balaban J connectivity index is 2.15. The molecule has 5 heteroatoms. The molecule has 0 spiro atoms. The first-order chi connectivity index (χ1) is 7.58. The van der Waals surface area contributed by atoms with Gasteiger partial charge in [-0.3, -0.25) is 0 Å². The van der Waals surface area contributed by atoms with E-state index in [1.807, 2.05) is 0 Å². The Morgan fingerprint density at radius 2 is 1.35 bits per heavy atom. The molecule has 0 unspecified atom stereocenters. The van der Waals surface area contributed by atoms with Crippen LogP contribution in [0.5, 0.6) is 0 Å². The quantitative estimate of drug-likeness (QED) is 0.569. The molecule has 3 aliphatic carbocycles. The average Bonchev–Trinajstić information content (AvgIpc) is 2.15. The van der Waals surface area contributed by atoms with Gasteiger partial charge in [-0.25, -0.2) is 0 Å². The van der Waals surface area contributed by atoms with Gasteiger partial charge in [0.1, 0.15) is 0 Å². The van der Waals surface area contributed by atoms with E-state index in [0.717, 1.165) is 19.3 Å². The number of hydrogen-bond acceptors (Lipinski definition) is 3. The van der Waals surface area contributed by atoms with Crippen LogP contribution in [-0.4, -0.2) is 38.7 Å². The molecule has 3 rings (SSSR count). The average molecular weight is 367 g/mol. The van der Waals surface area contributed by atoms with E-state index < -0.39 is 28.5 Å². The Kier molecular flexibility index (Phi) is 3.41. The Labute approximate surface area is 109 Å². The van der Waals surface area contributed by atoms with Gasteiger partial charge < -0.3 is 0 Å². The summed E-state index contributed by atoms with van der Waals surface area (Å²) in [5, 5.41) is 0. The van der Waals surface area contributed by atoms with Crippen LogP contribution >= 0.6 is 0 Å². The van der Waals surface area contributed by atoms with E-state index in [0.29, 0.717) is 3.43 Å². The normalized spacial score (nSPS) is 38.4. The Hall–Kier alpha value is 0.709. The van der Waals surface area contributed by atoms with E-state index in [2.05, 4.69) is 14.8 Å². The van der Waals surface area contributed by atoms with E-state index >= 15 is 0 Å². The third-order valence-corrected chi connectivity index (χ3v) is 17.0. The standard InChI is InChI=1S/C9H15O3S.3CH3.Sn/c1-13(10,11)12-9-5-2-8(3-6-9)4-7-9;;;;/h2-7H2,1H3;3*1H3;. The molecule has 100 valence electrons. The number of rotatable bonds is 3. The molecule has 17 heavy (non-hydrogen) atoms. The number of hydrogen-bond donors (Lipinski definition) is 0. The molecule has 0 aliphatic heterocycles. The summed E-state index contributed by atoms with van der Waals surface area (Å²) in [6, 6.07) is 0. The van der Waals surface area contributed by atoms with Crippen LogP contribution in [0.4, 0.5) is 0 Å². The van der Waals surface area contributed by atoms with Crippen LogP contribution in [0.1, 0.15) is 38.5 Å². The van der Waals surface area contributed by atoms with Crippen molar-refractivity contribution in [3.8, 4) is 0 Å². The van der Waals surface area contributed by atoms with Gasteiger partial charge in [-0.05, 0) is 0 Å². The molecule has 2 bridgehead atoms. The summed E-state index contributed by atoms with van der Waals surface area (Å²) in [6.07, 6.45) is 7.63. The van der Waals surface area contributed by atoms with E-state index in [4.69, 9.17) is 4.18 Å². The van der Waals surface area contributed by atoms with Gasteiger partial charge in [-0.15, -0.1) is 0 Å². The molecule has 3 aliphatic rings. The van der Waals surface area contributed by atoms with Crippen LogP contribution in [0.3, 0.4) is 0 Å². The second-order valence-electron chi connectivity index (χ2n) is 7.00. The van der Waals surface area contributed by atoms with Gasteiger partial charge in [0, 0.05) is 0 Å². The maximum absolute atomic E-state index is 11.3. The minimum atomic E-state index is -3.31. The zero-order valence-corrected chi connectivity index (χ0v) is 15.0. The predicted molar refractivity (Wildman–Crippen MR) is 72.4 cm³/mol. The molecule has 0 aromatic carbocycles. The molecule has 0 amide bonds. The summed E-state index contributed by atoms with van der Waals surface area (Å²) >= 11 is -1.92. The van der Waals surface area contributed by atoms with Gasteiger partial charge >= 0.3 is 110 Å². The van der Waals surface area contributed by atoms with Gasteiger partial charge in [-0.2, -0.15) is 0 Å². The summed E-state index contributed by atoms with van der Waals surface area (Å²) in [5.74, 6) is 0. The molecule has 0 aromatic rings. The van der Waals surface area contributed by atoms with Crippen LogP contribution in [-0.2, 0) is 14.3 Å². The second kappa shape index (κ2) is 4.10. The second-order valence-corrected chi connectivity index (χ2v) is 24.4. The zero-order chi connectivity index (χ0) is 12.9. The van der Waals surface area contributed by atoms with Gasteiger partial charge in [0.2, 0.25) is 0 Å². The van der Waals surface area contributed by atoms with Crippen molar-refractivity contribution in [1.29, 1.82) is 0 Å². The minimum absolute atomic E-state index is 0.341. The summed E-state index contributed by atoms with van der Waals surface area (Å²) in [6.45, 7) is 0. The first-order valence-corrected chi connectivity index (χ1v) is 18.3. The molecule has 0 saturated heterocycles. The van der Waals surface area contributed by atoms with Crippen LogP contribution in [0.25, 0.3) is 0 Å². The Morgan fingerprint density at radius 3 is 1.65 bits per heavy atom. The van der Waals surface area contributed by atoms with E-state index in [1.54, 1.807) is 0 Å². The Bertz CT molecular complexity index is 383. The van der Waals surface area contributed by atoms with Gasteiger partial charge in [0.25, 0.3) is 0 Å². The van der Waals surface area contributed by atoms with Crippen molar-refractivity contribution in [3.05, 3.63) is 0 Å². The van der Waals surface area contributed by atoms with Crippen LogP contribution in [0.2, 0.25) is 18.2 Å². The molecule has 0 N–H and O–H groups in total. The first kappa shape index (κ1) is 14.1. The predicted octanol–water partition coefficient (Wildman–Crippen LogP) is 3.15. The molecular weight excluding hydrogens is 343 g/mol. The van der Waals surface area contributed by atoms with Crippen molar-refractivity contribution in [2.24, 2.45) is 0 Å². The fourth-order valence-electron chi connectivity index (χ4n) is 3.72. The van der Waals surface area contributed by atoms with Crippen molar-refractivity contribution in [3.63, 3.8) is 0 Å². The molecular formula is C12H24O3SSn. The molecule has 0 radical (unpaired) electrons. The van der Waals surface area contributed by atoms with Crippen LogP contribution < -0.4 is 0 Å². The summed E-state index contributed by atoms with van der Waals surface area (Å²) in [7, 11) is -3.31. The zero-order valence-electron chi connectivity index (χ0n) is 11.4. The molecule has 3 fully saturated rings. The van der Waals surface area contributed by atoms with Gasteiger partial charge in [0.15, 0.2) is 0 Å². The van der Waals surface area contributed by atoms with Crippen molar-refractivity contribution in [2.45, 2.75) is 62.4 Å². The van der Waals surface area contributed by atoms with Crippen molar-refractivity contribution in [2.75, 3.05) is 6.26 Å². The van der Waals surface area contributed by atoms with Crippen LogP contribution in [0, 0.1) is 0 Å². The molecule has 0 heterocycles. The van der Waals surface area contributed by atoms with E-state index in [1.165, 1.54) is 25.5 Å². The van der Waals surface area contributed by atoms with Crippen molar-refractivity contribution in [1.82, 2.24) is 0 Å². The van der Waals surface area contributed by atoms with Crippen molar-refractivity contribution >= 4 is 28.5 Å².